The van der Waals surface area contributed by atoms with E-state index in [9.17, 15) is 0 Å². The van der Waals surface area contributed by atoms with Gasteiger partial charge in [0.1, 0.15) is 0 Å². The van der Waals surface area contributed by atoms with E-state index in [1.54, 1.807) is 0 Å². The van der Waals surface area contributed by atoms with Crippen molar-refractivity contribution < 1.29 is 0 Å². The quantitative estimate of drug-likeness (QED) is 0.730. The summed E-state index contributed by atoms with van der Waals surface area (Å²) in [4.78, 5) is 2.57. The Labute approximate surface area is 138 Å². The molecule has 1 saturated heterocycles. The third-order valence-corrected chi connectivity index (χ3v) is 5.02. The maximum Gasteiger partial charge on any atom is 0.0507 e. The van der Waals surface area contributed by atoms with Crippen LogP contribution in [-0.4, -0.2) is 31.1 Å². The van der Waals surface area contributed by atoms with Crippen LogP contribution in [0.15, 0.2) is 21.1 Å². The van der Waals surface area contributed by atoms with E-state index in [4.69, 9.17) is 5.73 Å². The molecule has 1 aromatic carbocycles. The van der Waals surface area contributed by atoms with Gasteiger partial charge in [0, 0.05) is 41.2 Å². The summed E-state index contributed by atoms with van der Waals surface area (Å²) < 4.78 is 2.07. The molecule has 0 aliphatic carbocycles. The fraction of sp³-hybridized carbons (Fsp3) is 0.600. The second kappa shape index (κ2) is 7.78. The van der Waals surface area contributed by atoms with Crippen molar-refractivity contribution in [1.82, 2.24) is 10.2 Å². The van der Waals surface area contributed by atoms with Gasteiger partial charge in [-0.05, 0) is 40.0 Å². The fourth-order valence-corrected chi connectivity index (χ4v) is 4.06. The van der Waals surface area contributed by atoms with E-state index in [-0.39, 0.29) is 0 Å². The third kappa shape index (κ3) is 3.97. The second-order valence-electron chi connectivity index (χ2n) is 5.33. The first-order chi connectivity index (χ1) is 9.63. The number of nitrogens with zero attached hydrogens (tertiary/aromatic N) is 1. The zero-order valence-electron chi connectivity index (χ0n) is 12.0. The van der Waals surface area contributed by atoms with Crippen LogP contribution in [0.1, 0.15) is 37.8 Å². The summed E-state index contributed by atoms with van der Waals surface area (Å²) >= 11 is 7.16. The number of nitrogens with two attached hydrogens (primary N) is 1. The number of nitrogen functional groups attached to an aromatic ring is 1. The van der Waals surface area contributed by atoms with E-state index in [0.717, 1.165) is 40.8 Å². The molecule has 0 saturated carbocycles. The molecule has 1 atom stereocenters. The van der Waals surface area contributed by atoms with Gasteiger partial charge in [-0.15, -0.1) is 0 Å². The van der Waals surface area contributed by atoms with Crippen LogP contribution in [0.4, 0.5) is 5.69 Å². The van der Waals surface area contributed by atoms with Crippen LogP contribution in [0.5, 0.6) is 0 Å². The van der Waals surface area contributed by atoms with Crippen molar-refractivity contribution in [3.8, 4) is 0 Å². The molecule has 5 heteroatoms. The van der Waals surface area contributed by atoms with Gasteiger partial charge in [0.15, 0.2) is 0 Å². The Bertz CT molecular complexity index is 445. The number of hydrogen-bond donors (Lipinski definition) is 2. The van der Waals surface area contributed by atoms with Gasteiger partial charge in [0.2, 0.25) is 0 Å². The van der Waals surface area contributed by atoms with E-state index >= 15 is 0 Å². The number of unbranched alkanes of at least 4 members (excludes halogenated alkanes) is 1. The highest BCUT2D eigenvalue weighted by molar-refractivity contribution is 9.11. The minimum Gasteiger partial charge on any atom is -0.398 e. The van der Waals surface area contributed by atoms with E-state index in [1.165, 1.54) is 24.8 Å². The summed E-state index contributed by atoms with van der Waals surface area (Å²) in [7, 11) is 0. The lowest BCUT2D eigenvalue weighted by Crippen LogP contribution is -2.45. The molecule has 1 heterocycles. The van der Waals surface area contributed by atoms with Gasteiger partial charge in [-0.2, -0.15) is 0 Å². The zero-order chi connectivity index (χ0) is 14.5. The molecule has 3 N–H and O–H groups in total. The molecule has 1 aliphatic rings. The molecule has 20 heavy (non-hydrogen) atoms. The van der Waals surface area contributed by atoms with Crippen LogP contribution in [0.2, 0.25) is 0 Å². The highest BCUT2D eigenvalue weighted by atomic mass is 79.9. The minimum atomic E-state index is 0.422. The normalized spacial score (nSPS) is 18.1. The number of piperazine rings is 1. The van der Waals surface area contributed by atoms with Crippen LogP contribution >= 0.6 is 31.9 Å². The average Bonchev–Trinajstić information content (AvgIpc) is 2.45. The molecule has 1 aromatic rings. The zero-order valence-corrected chi connectivity index (χ0v) is 15.1. The van der Waals surface area contributed by atoms with Crippen molar-refractivity contribution in [3.63, 3.8) is 0 Å². The first-order valence-electron chi connectivity index (χ1n) is 7.32. The van der Waals surface area contributed by atoms with Gasteiger partial charge in [0.05, 0.1) is 5.69 Å². The molecule has 1 aliphatic heterocycles. The Morgan fingerprint density at radius 2 is 2.00 bits per heavy atom. The Morgan fingerprint density at radius 1 is 1.30 bits per heavy atom. The average molecular weight is 405 g/mol. The van der Waals surface area contributed by atoms with Crippen LogP contribution in [0.25, 0.3) is 0 Å². The lowest BCUT2D eigenvalue weighted by atomic mass is 9.97. The van der Waals surface area contributed by atoms with Crippen molar-refractivity contribution in [3.05, 3.63) is 26.6 Å². The van der Waals surface area contributed by atoms with Crippen LogP contribution < -0.4 is 11.1 Å². The maximum absolute atomic E-state index is 6.32. The molecule has 1 fully saturated rings. The summed E-state index contributed by atoms with van der Waals surface area (Å²) in [5, 5.41) is 3.42. The lowest BCUT2D eigenvalue weighted by molar-refractivity contribution is 0.163. The lowest BCUT2D eigenvalue weighted by Gasteiger charge is -2.36. The molecule has 0 radical (unpaired) electrons. The van der Waals surface area contributed by atoms with Gasteiger partial charge in [-0.25, -0.2) is 0 Å². The van der Waals surface area contributed by atoms with Gasteiger partial charge in [-0.3, -0.25) is 4.90 Å². The monoisotopic (exact) mass is 403 g/mol. The van der Waals surface area contributed by atoms with E-state index in [2.05, 4.69) is 55.1 Å². The smallest absolute Gasteiger partial charge is 0.0507 e. The van der Waals surface area contributed by atoms with Gasteiger partial charge in [-0.1, -0.05) is 35.7 Å². The fourth-order valence-electron chi connectivity index (χ4n) is 2.81. The Balaban J connectivity index is 2.29. The Hall–Kier alpha value is -0.100. The minimum absolute atomic E-state index is 0.422. The largest absolute Gasteiger partial charge is 0.398 e. The predicted octanol–water partition coefficient (Wildman–Crippen LogP) is 3.93. The Kier molecular flexibility index (Phi) is 6.33. The Morgan fingerprint density at radius 3 is 2.65 bits per heavy atom. The second-order valence-corrected chi connectivity index (χ2v) is 7.10. The standard InChI is InChI=1S/C15H23Br2N3/c1-2-3-4-14(20-7-5-19-6-8-20)12-9-11(16)10-13(17)15(12)18/h9-10,14,19H,2-8,18H2,1H3/t14-/m0/s1. The SMILES string of the molecule is CCCC[C@@H](c1cc(Br)cc(Br)c1N)N1CCNCC1. The highest BCUT2D eigenvalue weighted by Crippen LogP contribution is 2.37. The van der Waals surface area contributed by atoms with Crippen molar-refractivity contribution in [2.24, 2.45) is 0 Å². The molecule has 112 valence electrons. The first-order valence-corrected chi connectivity index (χ1v) is 8.91. The molecule has 0 bridgehead atoms. The summed E-state index contributed by atoms with van der Waals surface area (Å²) in [6.45, 7) is 6.57. The van der Waals surface area contributed by atoms with E-state index in [0.29, 0.717) is 6.04 Å². The van der Waals surface area contributed by atoms with Crippen molar-refractivity contribution in [2.75, 3.05) is 31.9 Å². The predicted molar refractivity (Wildman–Crippen MR) is 93.0 cm³/mol. The van der Waals surface area contributed by atoms with E-state index < -0.39 is 0 Å². The van der Waals surface area contributed by atoms with Crippen molar-refractivity contribution in [2.45, 2.75) is 32.2 Å². The summed E-state index contributed by atoms with van der Waals surface area (Å²) in [5.74, 6) is 0. The van der Waals surface area contributed by atoms with Crippen molar-refractivity contribution >= 4 is 37.5 Å². The van der Waals surface area contributed by atoms with Crippen LogP contribution in [-0.2, 0) is 0 Å². The molecule has 0 unspecified atom stereocenters. The number of hydrogen-bond acceptors (Lipinski definition) is 3. The number of anilines is 1. The van der Waals surface area contributed by atoms with Crippen molar-refractivity contribution in [1.29, 1.82) is 0 Å². The molecular formula is C15H23Br2N3. The first kappa shape index (κ1) is 16.3. The molecule has 0 spiro atoms. The number of rotatable bonds is 5. The summed E-state index contributed by atoms with van der Waals surface area (Å²) in [6.07, 6.45) is 3.62. The molecule has 0 amide bonds. The summed E-state index contributed by atoms with van der Waals surface area (Å²) in [5.41, 5.74) is 8.45. The highest BCUT2D eigenvalue weighted by Gasteiger charge is 2.24. The number of halogens is 2. The van der Waals surface area contributed by atoms with Crippen LogP contribution in [0.3, 0.4) is 0 Å². The number of nitrogens with one attached hydrogen (secondary N) is 1. The molecule has 2 rings (SSSR count). The number of benzene rings is 1. The van der Waals surface area contributed by atoms with Crippen LogP contribution in [0, 0.1) is 0 Å². The van der Waals surface area contributed by atoms with Gasteiger partial charge < -0.3 is 11.1 Å². The molecule has 3 nitrogen and oxygen atoms in total. The van der Waals surface area contributed by atoms with Gasteiger partial charge >= 0.3 is 0 Å². The molecule has 0 aromatic heterocycles. The molecular weight excluding hydrogens is 382 g/mol. The van der Waals surface area contributed by atoms with E-state index in [1.807, 2.05) is 6.07 Å². The topological polar surface area (TPSA) is 41.3 Å². The summed E-state index contributed by atoms with van der Waals surface area (Å²) in [6, 6.07) is 4.63. The maximum atomic E-state index is 6.32. The third-order valence-electron chi connectivity index (χ3n) is 3.91. The van der Waals surface area contributed by atoms with Gasteiger partial charge in [0.25, 0.3) is 0 Å².